The highest BCUT2D eigenvalue weighted by Crippen LogP contribution is 2.30. The quantitative estimate of drug-likeness (QED) is 0.410. The minimum absolute atomic E-state index is 0.0925. The molecule has 0 saturated carbocycles. The zero-order chi connectivity index (χ0) is 21.8. The van der Waals surface area contributed by atoms with Crippen molar-refractivity contribution in [2.45, 2.75) is 6.54 Å². The second-order valence-corrected chi connectivity index (χ2v) is 7.93. The van der Waals surface area contributed by atoms with Crippen LogP contribution in [0, 0.1) is 10.1 Å². The van der Waals surface area contributed by atoms with Crippen LogP contribution in [0.4, 0.5) is 11.4 Å². The Morgan fingerprint density at radius 1 is 1.10 bits per heavy atom. The van der Waals surface area contributed by atoms with E-state index in [0.717, 1.165) is 10.0 Å². The molecule has 1 aromatic heterocycles. The lowest BCUT2D eigenvalue weighted by molar-refractivity contribution is -0.384. The largest absolute Gasteiger partial charge is 0.459 e. The number of rotatable bonds is 6. The Morgan fingerprint density at radius 3 is 2.55 bits per heavy atom. The van der Waals surface area contributed by atoms with Crippen molar-refractivity contribution >= 4 is 33.2 Å². The monoisotopic (exact) mass is 485 g/mol. The first-order chi connectivity index (χ1) is 15.0. The van der Waals surface area contributed by atoms with Gasteiger partial charge in [0, 0.05) is 34.8 Å². The number of hydrogen-bond acceptors (Lipinski definition) is 6. The number of morpholine rings is 1. The number of amides is 1. The van der Waals surface area contributed by atoms with Gasteiger partial charge in [-0.2, -0.15) is 0 Å². The first-order valence-electron chi connectivity index (χ1n) is 9.75. The molecule has 1 fully saturated rings. The van der Waals surface area contributed by atoms with Crippen molar-refractivity contribution in [3.05, 3.63) is 80.5 Å². The van der Waals surface area contributed by atoms with Crippen LogP contribution in [0.5, 0.6) is 0 Å². The fraction of sp³-hybridized carbons (Fsp3) is 0.227. The number of ether oxygens (including phenoxy) is 1. The molecule has 0 unspecified atom stereocenters. The number of halogens is 1. The SMILES string of the molecule is O=C(NCc1ccc(-c2ccc(Br)cc2)o1)c1ccc(N2CCOCC2)c([N+](=O)[O-])c1. The van der Waals surface area contributed by atoms with E-state index < -0.39 is 10.8 Å². The Bertz CT molecular complexity index is 1090. The van der Waals surface area contributed by atoms with Crippen molar-refractivity contribution in [1.29, 1.82) is 0 Å². The molecule has 4 rings (SSSR count). The third-order valence-electron chi connectivity index (χ3n) is 5.00. The number of carbonyl (C=O) groups is 1. The fourth-order valence-electron chi connectivity index (χ4n) is 3.39. The van der Waals surface area contributed by atoms with Gasteiger partial charge in [0.05, 0.1) is 24.7 Å². The van der Waals surface area contributed by atoms with Crippen LogP contribution in [0.25, 0.3) is 11.3 Å². The standard InChI is InChI=1S/C22H20BrN3O5/c23-17-4-1-15(2-5-17)21-8-6-18(31-21)14-24-22(27)16-3-7-19(20(13-16)26(28)29)25-9-11-30-12-10-25/h1-8,13H,9-12,14H2,(H,24,27). The molecule has 2 heterocycles. The lowest BCUT2D eigenvalue weighted by atomic mass is 10.1. The molecule has 0 atom stereocenters. The third-order valence-corrected chi connectivity index (χ3v) is 5.53. The lowest BCUT2D eigenvalue weighted by Gasteiger charge is -2.28. The van der Waals surface area contributed by atoms with Gasteiger partial charge in [0.25, 0.3) is 11.6 Å². The fourth-order valence-corrected chi connectivity index (χ4v) is 3.66. The van der Waals surface area contributed by atoms with E-state index in [1.165, 1.54) is 6.07 Å². The van der Waals surface area contributed by atoms with Crippen LogP contribution < -0.4 is 10.2 Å². The average molecular weight is 486 g/mol. The maximum absolute atomic E-state index is 12.6. The summed E-state index contributed by atoms with van der Waals surface area (Å²) in [5.41, 5.74) is 1.55. The average Bonchev–Trinajstić information content (AvgIpc) is 3.27. The van der Waals surface area contributed by atoms with Crippen LogP contribution >= 0.6 is 15.9 Å². The van der Waals surface area contributed by atoms with E-state index in [1.807, 2.05) is 35.2 Å². The molecule has 1 N–H and O–H groups in total. The van der Waals surface area contributed by atoms with Gasteiger partial charge in [-0.05, 0) is 36.4 Å². The van der Waals surface area contributed by atoms with E-state index in [0.29, 0.717) is 43.5 Å². The molecule has 0 aliphatic carbocycles. The van der Waals surface area contributed by atoms with Crippen LogP contribution in [-0.2, 0) is 11.3 Å². The molecule has 0 radical (unpaired) electrons. The first kappa shape index (κ1) is 21.1. The molecular formula is C22H20BrN3O5. The molecule has 1 saturated heterocycles. The molecule has 8 nitrogen and oxygen atoms in total. The molecule has 9 heteroatoms. The summed E-state index contributed by atoms with van der Waals surface area (Å²) in [5, 5.41) is 14.3. The van der Waals surface area contributed by atoms with Gasteiger partial charge in [0.15, 0.2) is 0 Å². The molecule has 1 amide bonds. The minimum Gasteiger partial charge on any atom is -0.459 e. The summed E-state index contributed by atoms with van der Waals surface area (Å²) >= 11 is 3.40. The number of benzene rings is 2. The maximum atomic E-state index is 12.6. The summed E-state index contributed by atoms with van der Waals surface area (Å²) in [5.74, 6) is 0.881. The Labute approximate surface area is 187 Å². The molecule has 2 aromatic carbocycles. The normalized spacial score (nSPS) is 13.8. The van der Waals surface area contributed by atoms with Gasteiger partial charge in [-0.25, -0.2) is 0 Å². The predicted octanol–water partition coefficient (Wildman–Crippen LogP) is 4.38. The zero-order valence-electron chi connectivity index (χ0n) is 16.5. The van der Waals surface area contributed by atoms with Crippen molar-refractivity contribution in [1.82, 2.24) is 5.32 Å². The van der Waals surface area contributed by atoms with Gasteiger partial charge in [-0.15, -0.1) is 0 Å². The Hall–Kier alpha value is -3.17. The van der Waals surface area contributed by atoms with Gasteiger partial charge in [0.2, 0.25) is 0 Å². The van der Waals surface area contributed by atoms with Gasteiger partial charge in [-0.3, -0.25) is 14.9 Å². The topological polar surface area (TPSA) is 97.9 Å². The first-order valence-corrected chi connectivity index (χ1v) is 10.5. The van der Waals surface area contributed by atoms with Crippen molar-refractivity contribution in [3.63, 3.8) is 0 Å². The van der Waals surface area contributed by atoms with Crippen molar-refractivity contribution < 1.29 is 18.9 Å². The van der Waals surface area contributed by atoms with Crippen molar-refractivity contribution in [2.24, 2.45) is 0 Å². The summed E-state index contributed by atoms with van der Waals surface area (Å²) in [4.78, 5) is 25.6. The highest BCUT2D eigenvalue weighted by atomic mass is 79.9. The molecule has 0 bridgehead atoms. The Morgan fingerprint density at radius 2 is 1.84 bits per heavy atom. The predicted molar refractivity (Wildman–Crippen MR) is 119 cm³/mol. The van der Waals surface area contributed by atoms with Gasteiger partial charge in [0.1, 0.15) is 17.2 Å². The number of nitro groups is 1. The van der Waals surface area contributed by atoms with Crippen molar-refractivity contribution in [2.75, 3.05) is 31.2 Å². The number of nitrogens with one attached hydrogen (secondary N) is 1. The molecule has 3 aromatic rings. The smallest absolute Gasteiger partial charge is 0.293 e. The summed E-state index contributed by atoms with van der Waals surface area (Å²) < 4.78 is 12.1. The molecule has 31 heavy (non-hydrogen) atoms. The highest BCUT2D eigenvalue weighted by Gasteiger charge is 2.23. The van der Waals surface area contributed by atoms with E-state index in [4.69, 9.17) is 9.15 Å². The molecule has 1 aliphatic rings. The van der Waals surface area contributed by atoms with E-state index >= 15 is 0 Å². The molecule has 160 valence electrons. The number of furan rings is 1. The van der Waals surface area contributed by atoms with E-state index in [-0.39, 0.29) is 17.8 Å². The third kappa shape index (κ3) is 4.95. The number of nitrogens with zero attached hydrogens (tertiary/aromatic N) is 2. The summed E-state index contributed by atoms with van der Waals surface area (Å²) in [6.45, 7) is 2.36. The highest BCUT2D eigenvalue weighted by molar-refractivity contribution is 9.10. The van der Waals surface area contributed by atoms with E-state index in [9.17, 15) is 14.9 Å². The van der Waals surface area contributed by atoms with Crippen molar-refractivity contribution in [3.8, 4) is 11.3 Å². The van der Waals surface area contributed by atoms with Crippen LogP contribution in [0.3, 0.4) is 0 Å². The molecular weight excluding hydrogens is 466 g/mol. The molecule has 0 spiro atoms. The zero-order valence-corrected chi connectivity index (χ0v) is 18.1. The molecule has 1 aliphatic heterocycles. The number of anilines is 1. The van der Waals surface area contributed by atoms with Gasteiger partial charge < -0.3 is 19.4 Å². The summed E-state index contributed by atoms with van der Waals surface area (Å²) in [7, 11) is 0. The Kier molecular flexibility index (Phi) is 6.34. The number of carbonyl (C=O) groups excluding carboxylic acids is 1. The number of nitro benzene ring substituents is 1. The summed E-state index contributed by atoms with van der Waals surface area (Å²) in [6.07, 6.45) is 0. The lowest BCUT2D eigenvalue weighted by Crippen LogP contribution is -2.36. The van der Waals surface area contributed by atoms with Crippen LogP contribution in [0.15, 0.2) is 63.5 Å². The van der Waals surface area contributed by atoms with Gasteiger partial charge in [-0.1, -0.05) is 28.1 Å². The minimum atomic E-state index is -0.460. The van der Waals surface area contributed by atoms with Crippen LogP contribution in [0.2, 0.25) is 0 Å². The summed E-state index contributed by atoms with van der Waals surface area (Å²) in [6, 6.07) is 15.9. The van der Waals surface area contributed by atoms with Gasteiger partial charge >= 0.3 is 0 Å². The van der Waals surface area contributed by atoms with Crippen LogP contribution in [0.1, 0.15) is 16.1 Å². The van der Waals surface area contributed by atoms with E-state index in [1.54, 1.807) is 18.2 Å². The second-order valence-electron chi connectivity index (χ2n) is 7.02. The van der Waals surface area contributed by atoms with E-state index in [2.05, 4.69) is 21.2 Å². The maximum Gasteiger partial charge on any atom is 0.293 e. The second kappa shape index (κ2) is 9.32. The van der Waals surface area contributed by atoms with Crippen LogP contribution in [-0.4, -0.2) is 37.1 Å². The Balaban J connectivity index is 1.44. The number of hydrogen-bond donors (Lipinski definition) is 1.